The van der Waals surface area contributed by atoms with Crippen molar-refractivity contribution >= 4 is 23.1 Å². The van der Waals surface area contributed by atoms with E-state index in [4.69, 9.17) is 18.0 Å². The van der Waals surface area contributed by atoms with Gasteiger partial charge in [0.2, 0.25) is 5.91 Å². The van der Waals surface area contributed by atoms with Crippen molar-refractivity contribution in [3.8, 4) is 0 Å². The van der Waals surface area contributed by atoms with Gasteiger partial charge >= 0.3 is 0 Å². The minimum absolute atomic E-state index is 0.114. The summed E-state index contributed by atoms with van der Waals surface area (Å²) >= 11 is 4.90. The van der Waals surface area contributed by atoms with E-state index >= 15 is 0 Å². The summed E-state index contributed by atoms with van der Waals surface area (Å²) in [5.41, 5.74) is 5.53. The Kier molecular flexibility index (Phi) is 7.25. The summed E-state index contributed by atoms with van der Waals surface area (Å²) in [6.07, 6.45) is 1.68. The topological polar surface area (TPSA) is 49.6 Å². The van der Waals surface area contributed by atoms with E-state index in [0.29, 0.717) is 18.0 Å². The van der Waals surface area contributed by atoms with Gasteiger partial charge in [0.25, 0.3) is 0 Å². The lowest BCUT2D eigenvalue weighted by Gasteiger charge is -2.28. The molecular weight excluding hydrogens is 222 g/mol. The summed E-state index contributed by atoms with van der Waals surface area (Å²) in [6, 6.07) is 0.223. The number of nitrogens with two attached hydrogens (primary N) is 1. The predicted molar refractivity (Wildman–Crippen MR) is 71.4 cm³/mol. The monoisotopic (exact) mass is 245 g/mol. The van der Waals surface area contributed by atoms with Crippen molar-refractivity contribution in [1.29, 1.82) is 0 Å². The lowest BCUT2D eigenvalue weighted by atomic mass is 10.2. The standard InChI is InChI=1S/C11H23N3OS/c1-5-6-14(8-11(15)13(3)4)9(2)7-10(12)16/h9H,5-8H2,1-4H3,(H2,12,16). The van der Waals surface area contributed by atoms with Crippen molar-refractivity contribution in [1.82, 2.24) is 9.80 Å². The number of nitrogens with zero attached hydrogens (tertiary/aromatic N) is 2. The largest absolute Gasteiger partial charge is 0.393 e. The normalized spacial score (nSPS) is 12.6. The first-order valence-corrected chi connectivity index (χ1v) is 6.01. The fourth-order valence-electron chi connectivity index (χ4n) is 1.48. The molecule has 0 radical (unpaired) electrons. The van der Waals surface area contributed by atoms with Gasteiger partial charge in [-0.15, -0.1) is 0 Å². The van der Waals surface area contributed by atoms with Crippen molar-refractivity contribution in [2.75, 3.05) is 27.2 Å². The molecule has 0 bridgehead atoms. The first-order chi connectivity index (χ1) is 7.38. The van der Waals surface area contributed by atoms with E-state index in [0.717, 1.165) is 13.0 Å². The van der Waals surface area contributed by atoms with Crippen LogP contribution in [-0.2, 0) is 4.79 Å². The van der Waals surface area contributed by atoms with E-state index in [-0.39, 0.29) is 11.9 Å². The number of carbonyl (C=O) groups excluding carboxylic acids is 1. The highest BCUT2D eigenvalue weighted by Crippen LogP contribution is 2.05. The van der Waals surface area contributed by atoms with Gasteiger partial charge in [-0.05, 0) is 19.9 Å². The van der Waals surface area contributed by atoms with Crippen LogP contribution in [0.5, 0.6) is 0 Å². The molecule has 1 unspecified atom stereocenters. The smallest absolute Gasteiger partial charge is 0.236 e. The van der Waals surface area contributed by atoms with Crippen LogP contribution in [-0.4, -0.2) is 53.9 Å². The van der Waals surface area contributed by atoms with E-state index in [1.807, 2.05) is 0 Å². The lowest BCUT2D eigenvalue weighted by Crippen LogP contribution is -2.43. The van der Waals surface area contributed by atoms with E-state index in [9.17, 15) is 4.79 Å². The summed E-state index contributed by atoms with van der Waals surface area (Å²) in [5, 5.41) is 0. The maximum Gasteiger partial charge on any atom is 0.236 e. The number of thiocarbonyl (C=S) groups is 1. The summed E-state index contributed by atoms with van der Waals surface area (Å²) in [7, 11) is 3.54. The van der Waals surface area contributed by atoms with E-state index in [1.54, 1.807) is 19.0 Å². The zero-order valence-corrected chi connectivity index (χ0v) is 11.5. The van der Waals surface area contributed by atoms with E-state index in [1.165, 1.54) is 0 Å². The van der Waals surface area contributed by atoms with Crippen molar-refractivity contribution < 1.29 is 4.79 Å². The first-order valence-electron chi connectivity index (χ1n) is 5.61. The Balaban J connectivity index is 4.35. The highest BCUT2D eigenvalue weighted by Gasteiger charge is 2.17. The zero-order chi connectivity index (χ0) is 12.7. The van der Waals surface area contributed by atoms with Crippen LogP contribution in [0.15, 0.2) is 0 Å². The molecule has 5 heteroatoms. The molecule has 1 atom stereocenters. The van der Waals surface area contributed by atoms with Gasteiger partial charge < -0.3 is 10.6 Å². The molecule has 1 amide bonds. The fraction of sp³-hybridized carbons (Fsp3) is 0.818. The molecule has 0 fully saturated rings. The van der Waals surface area contributed by atoms with E-state index < -0.39 is 0 Å². The molecule has 0 saturated carbocycles. The van der Waals surface area contributed by atoms with Gasteiger partial charge in [0.1, 0.15) is 0 Å². The van der Waals surface area contributed by atoms with Crippen LogP contribution in [0.2, 0.25) is 0 Å². The maximum atomic E-state index is 11.6. The molecule has 0 spiro atoms. The first kappa shape index (κ1) is 15.3. The number of hydrogen-bond donors (Lipinski definition) is 1. The molecule has 0 aliphatic rings. The van der Waals surface area contributed by atoms with Crippen LogP contribution in [0.1, 0.15) is 26.7 Å². The van der Waals surface area contributed by atoms with Crippen LogP contribution in [0.4, 0.5) is 0 Å². The predicted octanol–water partition coefficient (Wildman–Crippen LogP) is 0.851. The Morgan fingerprint density at radius 1 is 1.44 bits per heavy atom. The van der Waals surface area contributed by atoms with Gasteiger partial charge in [-0.2, -0.15) is 0 Å². The summed E-state index contributed by atoms with van der Waals surface area (Å²) in [5.74, 6) is 0.114. The minimum atomic E-state index is 0.114. The highest BCUT2D eigenvalue weighted by atomic mass is 32.1. The molecule has 4 nitrogen and oxygen atoms in total. The summed E-state index contributed by atoms with van der Waals surface area (Å²) in [4.78, 5) is 15.9. The molecular formula is C11H23N3OS. The van der Waals surface area contributed by atoms with Crippen LogP contribution < -0.4 is 5.73 Å². The number of amides is 1. The molecule has 0 heterocycles. The minimum Gasteiger partial charge on any atom is -0.393 e. The Bertz CT molecular complexity index is 243. The van der Waals surface area contributed by atoms with Crippen molar-refractivity contribution in [3.63, 3.8) is 0 Å². The molecule has 0 aromatic rings. The van der Waals surface area contributed by atoms with E-state index in [2.05, 4.69) is 18.7 Å². The second kappa shape index (κ2) is 7.57. The summed E-state index contributed by atoms with van der Waals surface area (Å²) in [6.45, 7) is 5.48. The second-order valence-corrected chi connectivity index (χ2v) is 4.80. The third-order valence-electron chi connectivity index (χ3n) is 2.47. The average molecular weight is 245 g/mol. The number of carbonyl (C=O) groups is 1. The quantitative estimate of drug-likeness (QED) is 0.676. The van der Waals surface area contributed by atoms with Gasteiger partial charge in [0.15, 0.2) is 0 Å². The number of hydrogen-bond acceptors (Lipinski definition) is 3. The van der Waals surface area contributed by atoms with Crippen molar-refractivity contribution in [2.24, 2.45) is 5.73 Å². The number of likely N-dealkylation sites (N-methyl/N-ethyl adjacent to an activating group) is 1. The number of rotatable bonds is 7. The van der Waals surface area contributed by atoms with Crippen LogP contribution in [0.25, 0.3) is 0 Å². The Hall–Kier alpha value is -0.680. The molecule has 0 aromatic carbocycles. The fourth-order valence-corrected chi connectivity index (χ4v) is 1.72. The molecule has 0 aromatic heterocycles. The van der Waals surface area contributed by atoms with Gasteiger partial charge in [0.05, 0.1) is 11.5 Å². The van der Waals surface area contributed by atoms with Crippen molar-refractivity contribution in [3.05, 3.63) is 0 Å². The van der Waals surface area contributed by atoms with Crippen molar-refractivity contribution in [2.45, 2.75) is 32.7 Å². The third kappa shape index (κ3) is 6.02. The lowest BCUT2D eigenvalue weighted by molar-refractivity contribution is -0.130. The summed E-state index contributed by atoms with van der Waals surface area (Å²) < 4.78 is 0. The molecule has 0 rings (SSSR count). The molecule has 2 N–H and O–H groups in total. The Morgan fingerprint density at radius 3 is 2.38 bits per heavy atom. The van der Waals surface area contributed by atoms with Gasteiger partial charge in [-0.25, -0.2) is 0 Å². The molecule has 0 aliphatic heterocycles. The molecule has 0 aliphatic carbocycles. The van der Waals surface area contributed by atoms with Gasteiger partial charge in [0, 0.05) is 26.6 Å². The van der Waals surface area contributed by atoms with Crippen LogP contribution >= 0.6 is 12.2 Å². The third-order valence-corrected chi connectivity index (χ3v) is 2.63. The Labute approximate surface area is 104 Å². The maximum absolute atomic E-state index is 11.6. The zero-order valence-electron chi connectivity index (χ0n) is 10.7. The molecule has 16 heavy (non-hydrogen) atoms. The van der Waals surface area contributed by atoms with Gasteiger partial charge in [-0.3, -0.25) is 9.69 Å². The average Bonchev–Trinajstić information content (AvgIpc) is 2.15. The van der Waals surface area contributed by atoms with Crippen LogP contribution in [0, 0.1) is 0 Å². The van der Waals surface area contributed by atoms with Gasteiger partial charge in [-0.1, -0.05) is 19.1 Å². The van der Waals surface area contributed by atoms with Crippen LogP contribution in [0.3, 0.4) is 0 Å². The molecule has 94 valence electrons. The Morgan fingerprint density at radius 2 is 2.00 bits per heavy atom. The highest BCUT2D eigenvalue weighted by molar-refractivity contribution is 7.80. The second-order valence-electron chi connectivity index (χ2n) is 4.28. The molecule has 0 saturated heterocycles. The SMILES string of the molecule is CCCN(CC(=O)N(C)C)C(C)CC(N)=S.